The number of Topliss-reactive ketones (excluding diaryl/α,β-unsaturated/α-hetero) is 1. The standard InChI is InChI=1S/C24H17FN4O3/c25-17-8-4-7-16-20(30)12-26-22(21(16)17)15-9-10-18-19(11-15)28-23(27-18)29-24(31)32-13-14-5-2-1-3-6-14/h1-11H,12-13H2,(H2,27,28,29,31). The predicted octanol–water partition coefficient (Wildman–Crippen LogP) is 4.48. The molecule has 7 nitrogen and oxygen atoms in total. The van der Waals surface area contributed by atoms with Gasteiger partial charge in [-0.15, -0.1) is 0 Å². The molecule has 0 bridgehead atoms. The Morgan fingerprint density at radius 3 is 2.78 bits per heavy atom. The van der Waals surface area contributed by atoms with Crippen LogP contribution in [0.2, 0.25) is 0 Å². The molecule has 5 rings (SSSR count). The van der Waals surface area contributed by atoms with Gasteiger partial charge in [0.05, 0.1) is 16.7 Å². The van der Waals surface area contributed by atoms with E-state index in [4.69, 9.17) is 4.74 Å². The molecule has 4 aromatic rings. The first-order valence-corrected chi connectivity index (χ1v) is 9.93. The monoisotopic (exact) mass is 428 g/mol. The van der Waals surface area contributed by atoms with Crippen LogP contribution in [0.5, 0.6) is 0 Å². The fraction of sp³-hybridized carbons (Fsp3) is 0.0833. The first-order chi connectivity index (χ1) is 15.6. The van der Waals surface area contributed by atoms with E-state index in [1.807, 2.05) is 30.3 Å². The lowest BCUT2D eigenvalue weighted by molar-refractivity contribution is 0.0999. The lowest BCUT2D eigenvalue weighted by atomic mass is 9.92. The van der Waals surface area contributed by atoms with Crippen molar-refractivity contribution in [3.05, 3.63) is 94.8 Å². The highest BCUT2D eigenvalue weighted by atomic mass is 19.1. The van der Waals surface area contributed by atoms with Crippen molar-refractivity contribution in [2.24, 2.45) is 4.99 Å². The zero-order chi connectivity index (χ0) is 22.1. The highest BCUT2D eigenvalue weighted by molar-refractivity contribution is 6.22. The first kappa shape index (κ1) is 19.6. The van der Waals surface area contributed by atoms with Gasteiger partial charge < -0.3 is 9.72 Å². The van der Waals surface area contributed by atoms with Crippen LogP contribution in [0.3, 0.4) is 0 Å². The Kier molecular flexibility index (Phi) is 4.95. The van der Waals surface area contributed by atoms with Gasteiger partial charge >= 0.3 is 6.09 Å². The number of aliphatic imine (C=N–C) groups is 1. The molecule has 3 aromatic carbocycles. The van der Waals surface area contributed by atoms with Gasteiger partial charge in [-0.1, -0.05) is 48.5 Å². The van der Waals surface area contributed by atoms with Crippen LogP contribution in [0.25, 0.3) is 11.0 Å². The molecule has 1 aliphatic rings. The van der Waals surface area contributed by atoms with E-state index in [1.54, 1.807) is 24.3 Å². The van der Waals surface area contributed by atoms with E-state index in [0.29, 0.717) is 27.9 Å². The Morgan fingerprint density at radius 2 is 1.94 bits per heavy atom. The average molecular weight is 428 g/mol. The third-order valence-electron chi connectivity index (χ3n) is 5.12. The van der Waals surface area contributed by atoms with Crippen molar-refractivity contribution in [3.63, 3.8) is 0 Å². The Hall–Kier alpha value is -4.33. The van der Waals surface area contributed by atoms with E-state index in [9.17, 15) is 14.0 Å². The van der Waals surface area contributed by atoms with Gasteiger partial charge in [-0.3, -0.25) is 15.1 Å². The van der Waals surface area contributed by atoms with Crippen molar-refractivity contribution in [1.82, 2.24) is 9.97 Å². The summed E-state index contributed by atoms with van der Waals surface area (Å²) in [4.78, 5) is 35.9. The molecule has 1 amide bonds. The fourth-order valence-electron chi connectivity index (χ4n) is 3.62. The van der Waals surface area contributed by atoms with Crippen LogP contribution in [0, 0.1) is 5.82 Å². The molecule has 0 radical (unpaired) electrons. The molecule has 0 saturated carbocycles. The largest absolute Gasteiger partial charge is 0.444 e. The van der Waals surface area contributed by atoms with Crippen molar-refractivity contribution in [2.45, 2.75) is 6.61 Å². The van der Waals surface area contributed by atoms with Gasteiger partial charge in [0.15, 0.2) is 5.78 Å². The summed E-state index contributed by atoms with van der Waals surface area (Å²) in [5, 5.41) is 2.57. The summed E-state index contributed by atoms with van der Waals surface area (Å²) in [5.41, 5.74) is 3.67. The molecule has 2 heterocycles. The van der Waals surface area contributed by atoms with Crippen LogP contribution in [-0.2, 0) is 11.3 Å². The molecule has 0 atom stereocenters. The topological polar surface area (TPSA) is 96.4 Å². The van der Waals surface area contributed by atoms with Crippen LogP contribution in [-0.4, -0.2) is 34.1 Å². The van der Waals surface area contributed by atoms with E-state index in [0.717, 1.165) is 5.56 Å². The smallest absolute Gasteiger partial charge is 0.414 e. The number of aromatic amines is 1. The molecule has 2 N–H and O–H groups in total. The van der Waals surface area contributed by atoms with E-state index >= 15 is 0 Å². The lowest BCUT2D eigenvalue weighted by Crippen LogP contribution is -2.21. The van der Waals surface area contributed by atoms with Crippen molar-refractivity contribution >= 4 is 34.6 Å². The molecule has 1 aromatic heterocycles. The van der Waals surface area contributed by atoms with Crippen LogP contribution < -0.4 is 5.32 Å². The van der Waals surface area contributed by atoms with Crippen molar-refractivity contribution < 1.29 is 18.7 Å². The van der Waals surface area contributed by atoms with Crippen LogP contribution in [0.1, 0.15) is 27.0 Å². The molecule has 0 spiro atoms. The molecule has 0 unspecified atom stereocenters. The number of aromatic nitrogens is 2. The summed E-state index contributed by atoms with van der Waals surface area (Å²) < 4.78 is 19.7. The fourth-order valence-corrected chi connectivity index (χ4v) is 3.62. The maximum absolute atomic E-state index is 14.5. The summed E-state index contributed by atoms with van der Waals surface area (Å²) in [6.07, 6.45) is -0.640. The third-order valence-corrected chi connectivity index (χ3v) is 5.12. The molecule has 0 saturated heterocycles. The second-order valence-corrected chi connectivity index (χ2v) is 7.25. The van der Waals surface area contributed by atoms with Gasteiger partial charge in [0.1, 0.15) is 19.0 Å². The summed E-state index contributed by atoms with van der Waals surface area (Å²) in [6.45, 7) is 0.105. The minimum Gasteiger partial charge on any atom is -0.444 e. The summed E-state index contributed by atoms with van der Waals surface area (Å²) in [5.74, 6) is -0.489. The van der Waals surface area contributed by atoms with Gasteiger partial charge in [-0.05, 0) is 23.8 Å². The number of rotatable bonds is 4. The number of nitrogens with zero attached hydrogens (tertiary/aromatic N) is 2. The van der Waals surface area contributed by atoms with Crippen LogP contribution >= 0.6 is 0 Å². The number of H-pyrrole nitrogens is 1. The maximum atomic E-state index is 14.5. The molecule has 0 fully saturated rings. The zero-order valence-corrected chi connectivity index (χ0v) is 16.8. The van der Waals surface area contributed by atoms with Gasteiger partial charge in [-0.25, -0.2) is 14.2 Å². The number of anilines is 1. The van der Waals surface area contributed by atoms with E-state index in [2.05, 4.69) is 20.3 Å². The number of halogens is 1. The number of hydrogen-bond donors (Lipinski definition) is 2. The molecule has 8 heteroatoms. The molecular formula is C24H17FN4O3. The summed E-state index contributed by atoms with van der Waals surface area (Å²) >= 11 is 0. The Morgan fingerprint density at radius 1 is 1.09 bits per heavy atom. The van der Waals surface area contributed by atoms with Crippen molar-refractivity contribution in [1.29, 1.82) is 0 Å². The van der Waals surface area contributed by atoms with Crippen molar-refractivity contribution in [3.8, 4) is 0 Å². The SMILES string of the molecule is O=C(Nc1nc2ccc(C3=NCC(=O)c4cccc(F)c43)cc2[nH]1)OCc1ccccc1. The number of imidazole rings is 1. The van der Waals surface area contributed by atoms with Gasteiger partial charge in [0, 0.05) is 16.7 Å². The number of fused-ring (bicyclic) bond motifs is 2. The van der Waals surface area contributed by atoms with E-state index < -0.39 is 11.9 Å². The number of ether oxygens (including phenoxy) is 1. The van der Waals surface area contributed by atoms with Crippen molar-refractivity contribution in [2.75, 3.05) is 11.9 Å². The minimum absolute atomic E-state index is 0.0349. The number of nitrogens with one attached hydrogen (secondary N) is 2. The number of amides is 1. The molecular weight excluding hydrogens is 411 g/mol. The second-order valence-electron chi connectivity index (χ2n) is 7.25. The Balaban J connectivity index is 1.37. The summed E-state index contributed by atoms with van der Waals surface area (Å²) in [7, 11) is 0. The number of carbonyl (C=O) groups is 2. The van der Waals surface area contributed by atoms with Gasteiger partial charge in [0.2, 0.25) is 5.95 Å². The molecule has 158 valence electrons. The van der Waals surface area contributed by atoms with Gasteiger partial charge in [0.25, 0.3) is 0 Å². The zero-order valence-electron chi connectivity index (χ0n) is 16.8. The van der Waals surface area contributed by atoms with Crippen LogP contribution in [0.4, 0.5) is 15.1 Å². The Labute approximate surface area is 182 Å². The lowest BCUT2D eigenvalue weighted by Gasteiger charge is -2.17. The third kappa shape index (κ3) is 3.74. The number of ketones is 1. The normalized spacial score (nSPS) is 12.9. The molecule has 32 heavy (non-hydrogen) atoms. The average Bonchev–Trinajstić information content (AvgIpc) is 3.20. The van der Waals surface area contributed by atoms with E-state index in [1.165, 1.54) is 12.1 Å². The maximum Gasteiger partial charge on any atom is 0.414 e. The minimum atomic E-state index is -0.640. The first-order valence-electron chi connectivity index (χ1n) is 9.93. The van der Waals surface area contributed by atoms with Crippen LogP contribution in [0.15, 0.2) is 71.7 Å². The second kappa shape index (κ2) is 8.07. The highest BCUT2D eigenvalue weighted by Crippen LogP contribution is 2.25. The molecule has 1 aliphatic heterocycles. The number of carbonyl (C=O) groups excluding carboxylic acids is 2. The number of hydrogen-bond acceptors (Lipinski definition) is 5. The molecule has 0 aliphatic carbocycles. The highest BCUT2D eigenvalue weighted by Gasteiger charge is 2.25. The van der Waals surface area contributed by atoms with Gasteiger partial charge in [-0.2, -0.15) is 0 Å². The quantitative estimate of drug-likeness (QED) is 0.501. The number of benzene rings is 3. The Bertz CT molecular complexity index is 1380. The van der Waals surface area contributed by atoms with E-state index in [-0.39, 0.29) is 30.4 Å². The summed E-state index contributed by atoms with van der Waals surface area (Å²) in [6, 6.07) is 19.0. The predicted molar refractivity (Wildman–Crippen MR) is 118 cm³/mol.